The van der Waals surface area contributed by atoms with Gasteiger partial charge in [-0.2, -0.15) is 0 Å². The number of amides is 1. The second-order valence-electron chi connectivity index (χ2n) is 5.27. The first-order valence-corrected chi connectivity index (χ1v) is 7.19. The molecule has 1 saturated carbocycles. The molecule has 1 heterocycles. The zero-order chi connectivity index (χ0) is 14.7. The van der Waals surface area contributed by atoms with E-state index in [1.165, 1.54) is 0 Å². The number of aromatic nitrogens is 1. The molecule has 21 heavy (non-hydrogen) atoms. The number of carbonyl (C=O) groups excluding carboxylic acids is 1. The molecule has 5 nitrogen and oxygen atoms in total. The highest BCUT2D eigenvalue weighted by Crippen LogP contribution is 2.27. The Balaban J connectivity index is 1.68. The molecule has 0 spiro atoms. The molecule has 1 aromatic heterocycles. The maximum Gasteiger partial charge on any atom is 0.229 e. The standard InChI is InChI=1S/C16H18N2O3/c19-9-8-18(14-6-7-14)16(20)11-13-10-15(21-17-13)12-4-2-1-3-5-12/h1-5,10,14,19H,6-9,11H2. The van der Waals surface area contributed by atoms with Gasteiger partial charge < -0.3 is 14.5 Å². The van der Waals surface area contributed by atoms with Crippen molar-refractivity contribution in [1.82, 2.24) is 10.1 Å². The van der Waals surface area contributed by atoms with Crippen LogP contribution in [-0.2, 0) is 11.2 Å². The number of aliphatic hydroxyl groups excluding tert-OH is 1. The number of aliphatic hydroxyl groups is 1. The van der Waals surface area contributed by atoms with Crippen molar-refractivity contribution >= 4 is 5.91 Å². The van der Waals surface area contributed by atoms with Crippen LogP contribution in [0, 0.1) is 0 Å². The van der Waals surface area contributed by atoms with Gasteiger partial charge in [0.1, 0.15) is 0 Å². The molecular formula is C16H18N2O3. The summed E-state index contributed by atoms with van der Waals surface area (Å²) in [5.74, 6) is 0.665. The van der Waals surface area contributed by atoms with Crippen molar-refractivity contribution in [3.63, 3.8) is 0 Å². The second kappa shape index (κ2) is 6.10. The average Bonchev–Trinajstić information content (AvgIpc) is 3.24. The Kier molecular flexibility index (Phi) is 4.01. The maximum atomic E-state index is 12.3. The SMILES string of the molecule is O=C(Cc1cc(-c2ccccc2)on1)N(CCO)C1CC1. The third-order valence-corrected chi connectivity index (χ3v) is 3.60. The van der Waals surface area contributed by atoms with E-state index in [0.717, 1.165) is 18.4 Å². The van der Waals surface area contributed by atoms with Crippen LogP contribution in [0.15, 0.2) is 40.9 Å². The highest BCUT2D eigenvalue weighted by molar-refractivity contribution is 5.79. The summed E-state index contributed by atoms with van der Waals surface area (Å²) >= 11 is 0. The van der Waals surface area contributed by atoms with Crippen molar-refractivity contribution in [1.29, 1.82) is 0 Å². The first kappa shape index (κ1) is 13.8. The van der Waals surface area contributed by atoms with Gasteiger partial charge in [0.15, 0.2) is 5.76 Å². The van der Waals surface area contributed by atoms with Crippen molar-refractivity contribution in [2.75, 3.05) is 13.2 Å². The summed E-state index contributed by atoms with van der Waals surface area (Å²) in [5, 5.41) is 13.0. The largest absolute Gasteiger partial charge is 0.395 e. The van der Waals surface area contributed by atoms with E-state index in [9.17, 15) is 4.79 Å². The van der Waals surface area contributed by atoms with E-state index in [4.69, 9.17) is 9.63 Å². The Morgan fingerprint density at radius 1 is 1.33 bits per heavy atom. The van der Waals surface area contributed by atoms with Gasteiger partial charge in [-0.15, -0.1) is 0 Å². The van der Waals surface area contributed by atoms with Gasteiger partial charge in [0.2, 0.25) is 5.91 Å². The lowest BCUT2D eigenvalue weighted by atomic mass is 10.1. The number of rotatable bonds is 6. The molecule has 0 aliphatic heterocycles. The van der Waals surface area contributed by atoms with E-state index in [-0.39, 0.29) is 18.9 Å². The Hall–Kier alpha value is -2.14. The second-order valence-corrected chi connectivity index (χ2v) is 5.27. The molecule has 110 valence electrons. The summed E-state index contributed by atoms with van der Waals surface area (Å²) in [6.07, 6.45) is 2.27. The van der Waals surface area contributed by atoms with Crippen LogP contribution < -0.4 is 0 Å². The minimum atomic E-state index is -0.00365. The van der Waals surface area contributed by atoms with Gasteiger partial charge >= 0.3 is 0 Å². The molecule has 1 aliphatic carbocycles. The topological polar surface area (TPSA) is 66.6 Å². The minimum absolute atomic E-state index is 0.000498. The van der Waals surface area contributed by atoms with Gasteiger partial charge in [-0.3, -0.25) is 4.79 Å². The molecule has 1 amide bonds. The molecule has 0 bridgehead atoms. The van der Waals surface area contributed by atoms with Crippen molar-refractivity contribution in [2.45, 2.75) is 25.3 Å². The highest BCUT2D eigenvalue weighted by atomic mass is 16.5. The Labute approximate surface area is 123 Å². The van der Waals surface area contributed by atoms with E-state index in [1.54, 1.807) is 11.0 Å². The molecule has 1 fully saturated rings. The smallest absolute Gasteiger partial charge is 0.229 e. The van der Waals surface area contributed by atoms with E-state index >= 15 is 0 Å². The van der Waals surface area contributed by atoms with E-state index in [1.807, 2.05) is 30.3 Å². The first-order valence-electron chi connectivity index (χ1n) is 7.19. The summed E-state index contributed by atoms with van der Waals surface area (Å²) < 4.78 is 5.30. The predicted molar refractivity (Wildman–Crippen MR) is 77.5 cm³/mol. The van der Waals surface area contributed by atoms with Gasteiger partial charge in [0, 0.05) is 24.2 Å². The highest BCUT2D eigenvalue weighted by Gasteiger charge is 2.32. The average molecular weight is 286 g/mol. The fourth-order valence-corrected chi connectivity index (χ4v) is 2.39. The molecule has 1 N–H and O–H groups in total. The number of hydrogen-bond acceptors (Lipinski definition) is 4. The first-order chi connectivity index (χ1) is 10.3. The maximum absolute atomic E-state index is 12.3. The number of benzene rings is 1. The van der Waals surface area contributed by atoms with Gasteiger partial charge in [-0.1, -0.05) is 35.5 Å². The third-order valence-electron chi connectivity index (χ3n) is 3.60. The lowest BCUT2D eigenvalue weighted by Gasteiger charge is -2.20. The molecule has 0 saturated heterocycles. The van der Waals surface area contributed by atoms with Gasteiger partial charge in [-0.05, 0) is 12.8 Å². The molecule has 5 heteroatoms. The fourth-order valence-electron chi connectivity index (χ4n) is 2.39. The van der Waals surface area contributed by atoms with Crippen molar-refractivity contribution < 1.29 is 14.4 Å². The van der Waals surface area contributed by atoms with E-state index < -0.39 is 0 Å². The Morgan fingerprint density at radius 2 is 2.10 bits per heavy atom. The van der Waals surface area contributed by atoms with Crippen LogP contribution in [0.3, 0.4) is 0 Å². The third kappa shape index (κ3) is 3.31. The number of hydrogen-bond donors (Lipinski definition) is 1. The van der Waals surface area contributed by atoms with Crippen molar-refractivity contribution in [3.05, 3.63) is 42.1 Å². The van der Waals surface area contributed by atoms with Crippen LogP contribution in [0.2, 0.25) is 0 Å². The summed E-state index contributed by atoms with van der Waals surface area (Å²) in [7, 11) is 0. The normalized spacial score (nSPS) is 14.1. The van der Waals surface area contributed by atoms with Crippen LogP contribution in [0.1, 0.15) is 18.5 Å². The molecule has 2 aromatic rings. The zero-order valence-corrected chi connectivity index (χ0v) is 11.7. The summed E-state index contributed by atoms with van der Waals surface area (Å²) in [5.41, 5.74) is 1.57. The lowest BCUT2D eigenvalue weighted by Crippen LogP contribution is -2.36. The van der Waals surface area contributed by atoms with Crippen LogP contribution in [0.25, 0.3) is 11.3 Å². The molecule has 3 rings (SSSR count). The van der Waals surface area contributed by atoms with E-state index in [0.29, 0.717) is 24.0 Å². The zero-order valence-electron chi connectivity index (χ0n) is 11.7. The number of carbonyl (C=O) groups is 1. The van der Waals surface area contributed by atoms with Gasteiger partial charge in [0.05, 0.1) is 18.7 Å². The van der Waals surface area contributed by atoms with Crippen LogP contribution >= 0.6 is 0 Å². The predicted octanol–water partition coefficient (Wildman–Crippen LogP) is 1.87. The monoisotopic (exact) mass is 286 g/mol. The summed E-state index contributed by atoms with van der Waals surface area (Å²) in [6.45, 7) is 0.392. The molecule has 0 atom stereocenters. The molecule has 0 unspecified atom stereocenters. The fraction of sp³-hybridized carbons (Fsp3) is 0.375. The van der Waals surface area contributed by atoms with Crippen LogP contribution in [0.4, 0.5) is 0 Å². The molecular weight excluding hydrogens is 268 g/mol. The van der Waals surface area contributed by atoms with Crippen molar-refractivity contribution in [3.8, 4) is 11.3 Å². The number of nitrogens with zero attached hydrogens (tertiary/aromatic N) is 2. The molecule has 0 radical (unpaired) electrons. The minimum Gasteiger partial charge on any atom is -0.395 e. The quantitative estimate of drug-likeness (QED) is 0.880. The lowest BCUT2D eigenvalue weighted by molar-refractivity contribution is -0.131. The van der Waals surface area contributed by atoms with Crippen LogP contribution in [0.5, 0.6) is 0 Å². The molecule has 1 aromatic carbocycles. The molecule has 1 aliphatic rings. The Bertz CT molecular complexity index is 605. The Morgan fingerprint density at radius 3 is 2.76 bits per heavy atom. The van der Waals surface area contributed by atoms with Crippen molar-refractivity contribution in [2.24, 2.45) is 0 Å². The summed E-state index contributed by atoms with van der Waals surface area (Å²) in [6, 6.07) is 11.8. The van der Waals surface area contributed by atoms with E-state index in [2.05, 4.69) is 5.16 Å². The van der Waals surface area contributed by atoms with Crippen LogP contribution in [-0.4, -0.2) is 40.3 Å². The van der Waals surface area contributed by atoms with Gasteiger partial charge in [0.25, 0.3) is 0 Å². The summed E-state index contributed by atoms with van der Waals surface area (Å²) in [4.78, 5) is 14.0. The van der Waals surface area contributed by atoms with Gasteiger partial charge in [-0.25, -0.2) is 0 Å².